The molecule has 1 saturated heterocycles. The van der Waals surface area contributed by atoms with Crippen molar-refractivity contribution in [2.24, 2.45) is 0 Å². The Hall–Kier alpha value is -1.36. The van der Waals surface area contributed by atoms with Crippen LogP contribution in [0, 0.1) is 0 Å². The predicted octanol–water partition coefficient (Wildman–Crippen LogP) is -0.221. The van der Waals surface area contributed by atoms with E-state index in [0.29, 0.717) is 5.69 Å². The second-order valence-corrected chi connectivity index (χ2v) is 3.51. The first-order valence-corrected chi connectivity index (χ1v) is 4.60. The van der Waals surface area contributed by atoms with Crippen LogP contribution in [0.1, 0.15) is 18.2 Å². The normalized spacial score (nSPS) is 22.0. The van der Waals surface area contributed by atoms with Gasteiger partial charge in [0.25, 0.3) is 0 Å². The van der Waals surface area contributed by atoms with Gasteiger partial charge in [-0.2, -0.15) is 0 Å². The molecule has 76 valence electrons. The van der Waals surface area contributed by atoms with Gasteiger partial charge in [0.15, 0.2) is 0 Å². The first kappa shape index (κ1) is 9.21. The minimum Gasteiger partial charge on any atom is -0.390 e. The van der Waals surface area contributed by atoms with Gasteiger partial charge in [-0.1, -0.05) is 0 Å². The molecule has 0 bridgehead atoms. The van der Waals surface area contributed by atoms with Crippen molar-refractivity contribution in [2.45, 2.75) is 19.1 Å². The number of likely N-dealkylation sites (N-methyl/N-ethyl adjacent to an activating group) is 1. The van der Waals surface area contributed by atoms with Crippen LogP contribution in [-0.4, -0.2) is 39.1 Å². The summed E-state index contributed by atoms with van der Waals surface area (Å²) in [5.74, 6) is 0.0951. The summed E-state index contributed by atoms with van der Waals surface area (Å²) in [6, 6.07) is -0.176. The lowest BCUT2D eigenvalue weighted by atomic mass is 10.2. The number of nitrogens with zero attached hydrogens (tertiary/aromatic N) is 3. The summed E-state index contributed by atoms with van der Waals surface area (Å²) in [7, 11) is 1.79. The van der Waals surface area contributed by atoms with Crippen LogP contribution >= 0.6 is 0 Å². The Kier molecular flexibility index (Phi) is 2.25. The molecule has 0 aromatic carbocycles. The Labute approximate surface area is 82.0 Å². The quantitative estimate of drug-likeness (QED) is 0.709. The Morgan fingerprint density at radius 2 is 2.50 bits per heavy atom. The molecule has 0 radical (unpaired) electrons. The molecule has 1 amide bonds. The van der Waals surface area contributed by atoms with Crippen LogP contribution in [0.5, 0.6) is 0 Å². The maximum atomic E-state index is 11.7. The van der Waals surface area contributed by atoms with E-state index >= 15 is 0 Å². The molecule has 14 heavy (non-hydrogen) atoms. The van der Waals surface area contributed by atoms with E-state index in [9.17, 15) is 4.79 Å². The lowest BCUT2D eigenvalue weighted by Gasteiger charge is -2.13. The molecule has 1 fully saturated rings. The Morgan fingerprint density at radius 3 is 3.07 bits per heavy atom. The molecule has 2 heterocycles. The van der Waals surface area contributed by atoms with E-state index in [-0.39, 0.29) is 18.6 Å². The van der Waals surface area contributed by atoms with Gasteiger partial charge in [-0.15, -0.1) is 0 Å². The van der Waals surface area contributed by atoms with Gasteiger partial charge in [0, 0.05) is 13.6 Å². The van der Waals surface area contributed by atoms with Gasteiger partial charge in [0.2, 0.25) is 5.91 Å². The highest BCUT2D eigenvalue weighted by Crippen LogP contribution is 2.23. The van der Waals surface area contributed by atoms with Crippen LogP contribution in [0.15, 0.2) is 12.5 Å². The summed E-state index contributed by atoms with van der Waals surface area (Å²) in [6.07, 6.45) is 3.98. The molecule has 0 saturated carbocycles. The monoisotopic (exact) mass is 195 g/mol. The maximum absolute atomic E-state index is 11.7. The molecule has 5 nitrogen and oxygen atoms in total. The molecule has 0 aliphatic carbocycles. The zero-order valence-corrected chi connectivity index (χ0v) is 8.05. The molecule has 2 rings (SSSR count). The third-order valence-electron chi connectivity index (χ3n) is 2.64. The van der Waals surface area contributed by atoms with E-state index in [0.717, 1.165) is 13.0 Å². The summed E-state index contributed by atoms with van der Waals surface area (Å²) in [6.45, 7) is 0.694. The van der Waals surface area contributed by atoms with Crippen LogP contribution < -0.4 is 0 Å². The Morgan fingerprint density at radius 1 is 1.71 bits per heavy atom. The van der Waals surface area contributed by atoms with Crippen molar-refractivity contribution in [3.05, 3.63) is 18.2 Å². The number of carbonyl (C=O) groups is 1. The molecular formula is C9H13N3O2. The van der Waals surface area contributed by atoms with Gasteiger partial charge in [0.05, 0.1) is 24.8 Å². The number of hydrogen-bond donors (Lipinski definition) is 1. The number of aliphatic hydroxyl groups is 1. The number of imidazole rings is 1. The molecule has 1 aromatic rings. The van der Waals surface area contributed by atoms with E-state index in [1.54, 1.807) is 29.0 Å². The number of hydrogen-bond acceptors (Lipinski definition) is 3. The van der Waals surface area contributed by atoms with E-state index < -0.39 is 0 Å². The predicted molar refractivity (Wildman–Crippen MR) is 49.4 cm³/mol. The summed E-state index contributed by atoms with van der Waals surface area (Å²) in [5, 5.41) is 9.03. The zero-order chi connectivity index (χ0) is 10.1. The van der Waals surface area contributed by atoms with Crippen LogP contribution in [0.4, 0.5) is 0 Å². The number of aromatic nitrogens is 2. The lowest BCUT2D eigenvalue weighted by molar-refractivity contribution is -0.129. The van der Waals surface area contributed by atoms with E-state index in [1.807, 2.05) is 0 Å². The number of likely N-dealkylation sites (tertiary alicyclic amines) is 1. The first-order valence-electron chi connectivity index (χ1n) is 4.60. The fourth-order valence-corrected chi connectivity index (χ4v) is 1.80. The van der Waals surface area contributed by atoms with Crippen molar-refractivity contribution in [3.63, 3.8) is 0 Å². The third-order valence-corrected chi connectivity index (χ3v) is 2.64. The zero-order valence-electron chi connectivity index (χ0n) is 8.05. The summed E-state index contributed by atoms with van der Waals surface area (Å²) < 4.78 is 1.76. The van der Waals surface area contributed by atoms with Crippen molar-refractivity contribution in [1.82, 2.24) is 14.5 Å². The number of carbonyl (C=O) groups excluding carboxylic acids is 1. The summed E-state index contributed by atoms with van der Waals surface area (Å²) in [5.41, 5.74) is 0.693. The molecular weight excluding hydrogens is 182 g/mol. The molecule has 1 aliphatic heterocycles. The smallest absolute Gasteiger partial charge is 0.245 e. The molecule has 1 unspecified atom stereocenters. The highest BCUT2D eigenvalue weighted by molar-refractivity contribution is 5.82. The minimum atomic E-state index is -0.176. The molecule has 5 heteroatoms. The lowest BCUT2D eigenvalue weighted by Crippen LogP contribution is -2.25. The number of rotatable bonds is 2. The van der Waals surface area contributed by atoms with Crippen molar-refractivity contribution in [3.8, 4) is 0 Å². The Bertz CT molecular complexity index is 348. The fraction of sp³-hybridized carbons (Fsp3) is 0.556. The van der Waals surface area contributed by atoms with Crippen LogP contribution in [0.2, 0.25) is 0 Å². The molecule has 0 spiro atoms. The first-order chi connectivity index (χ1) is 6.74. The second kappa shape index (κ2) is 3.42. The highest BCUT2D eigenvalue weighted by Gasteiger charge is 2.31. The molecule has 1 aliphatic rings. The number of amides is 1. The molecule has 1 aromatic heterocycles. The van der Waals surface area contributed by atoms with Crippen molar-refractivity contribution >= 4 is 5.91 Å². The van der Waals surface area contributed by atoms with Gasteiger partial charge in [-0.3, -0.25) is 4.79 Å². The average Bonchev–Trinajstić information content (AvgIpc) is 2.75. The maximum Gasteiger partial charge on any atom is 0.245 e. The van der Waals surface area contributed by atoms with Gasteiger partial charge in [-0.25, -0.2) is 4.98 Å². The van der Waals surface area contributed by atoms with Gasteiger partial charge >= 0.3 is 0 Å². The van der Waals surface area contributed by atoms with Crippen LogP contribution in [0.3, 0.4) is 0 Å². The summed E-state index contributed by atoms with van der Waals surface area (Å²) in [4.78, 5) is 17.3. The summed E-state index contributed by atoms with van der Waals surface area (Å²) >= 11 is 0. The second-order valence-electron chi connectivity index (χ2n) is 3.51. The van der Waals surface area contributed by atoms with E-state index in [4.69, 9.17) is 5.11 Å². The van der Waals surface area contributed by atoms with Gasteiger partial charge in [-0.05, 0) is 6.42 Å². The van der Waals surface area contributed by atoms with Gasteiger partial charge < -0.3 is 14.6 Å². The third kappa shape index (κ3) is 1.29. The molecule has 1 atom stereocenters. The largest absolute Gasteiger partial charge is 0.390 e. The fourth-order valence-electron chi connectivity index (χ4n) is 1.80. The molecule has 1 N–H and O–H groups in total. The van der Waals surface area contributed by atoms with E-state index in [2.05, 4.69) is 4.98 Å². The van der Waals surface area contributed by atoms with Gasteiger partial charge in [0.1, 0.15) is 6.04 Å². The highest BCUT2D eigenvalue weighted by atomic mass is 16.3. The SMILES string of the molecule is CN1CCC(n2cncc2CO)C1=O. The van der Waals surface area contributed by atoms with Crippen molar-refractivity contribution in [1.29, 1.82) is 0 Å². The Balaban J connectivity index is 2.27. The number of aliphatic hydroxyl groups excluding tert-OH is 1. The van der Waals surface area contributed by atoms with Crippen LogP contribution in [0.25, 0.3) is 0 Å². The minimum absolute atomic E-state index is 0.0759. The standard InChI is InChI=1S/C9H13N3O2/c1-11-3-2-8(9(11)14)12-6-10-4-7(12)5-13/h4,6,8,13H,2-3,5H2,1H3. The van der Waals surface area contributed by atoms with Crippen LogP contribution in [-0.2, 0) is 11.4 Å². The average molecular weight is 195 g/mol. The van der Waals surface area contributed by atoms with Crippen molar-refractivity contribution < 1.29 is 9.90 Å². The topological polar surface area (TPSA) is 58.4 Å². The van der Waals surface area contributed by atoms with E-state index in [1.165, 1.54) is 0 Å². The van der Waals surface area contributed by atoms with Crippen molar-refractivity contribution in [2.75, 3.05) is 13.6 Å².